The van der Waals surface area contributed by atoms with Crippen LogP contribution >= 0.6 is 15.9 Å². The van der Waals surface area contributed by atoms with Gasteiger partial charge in [0.05, 0.1) is 13.2 Å². The molecule has 0 fully saturated rings. The number of hydrogen-bond donors (Lipinski definition) is 3. The number of ether oxygens (including phenoxy) is 1. The van der Waals surface area contributed by atoms with E-state index in [1.165, 1.54) is 6.92 Å². The number of nitrogens with one attached hydrogen (secondary N) is 1. The maximum absolute atomic E-state index is 11.5. The number of aliphatic hydroxyl groups excluding tert-OH is 1. The highest BCUT2D eigenvalue weighted by atomic mass is 79.9. The Labute approximate surface area is 127 Å². The van der Waals surface area contributed by atoms with Crippen molar-refractivity contribution in [1.29, 1.82) is 0 Å². The molecule has 1 rings (SSSR count). The number of benzene rings is 1. The summed E-state index contributed by atoms with van der Waals surface area (Å²) in [5, 5.41) is 20.9. The van der Waals surface area contributed by atoms with Crippen LogP contribution in [-0.4, -0.2) is 41.5 Å². The molecule has 5 nitrogen and oxygen atoms in total. The molecular formula is C14H20BrNO4. The second-order valence-corrected chi connectivity index (χ2v) is 5.75. The van der Waals surface area contributed by atoms with E-state index in [0.29, 0.717) is 19.4 Å². The van der Waals surface area contributed by atoms with Crippen LogP contribution in [0.2, 0.25) is 0 Å². The summed E-state index contributed by atoms with van der Waals surface area (Å²) >= 11 is 3.34. The summed E-state index contributed by atoms with van der Waals surface area (Å²) in [4.78, 5) is 11.5. The molecular weight excluding hydrogens is 326 g/mol. The molecule has 1 aromatic rings. The standard InChI is InChI=1S/C14H20BrNO4/c1-14(19,10-17)9-16-13(18)3-2-8-20-12-6-4-11(15)5-7-12/h4-7,17,19H,2-3,8-10H2,1H3,(H,16,18). The first-order valence-electron chi connectivity index (χ1n) is 6.41. The second-order valence-electron chi connectivity index (χ2n) is 4.84. The zero-order valence-corrected chi connectivity index (χ0v) is 13.0. The summed E-state index contributed by atoms with van der Waals surface area (Å²) in [5.41, 5.74) is -1.27. The van der Waals surface area contributed by atoms with Crippen LogP contribution in [0.15, 0.2) is 28.7 Å². The van der Waals surface area contributed by atoms with Gasteiger partial charge in [-0.2, -0.15) is 0 Å². The van der Waals surface area contributed by atoms with E-state index in [1.54, 1.807) is 0 Å². The quantitative estimate of drug-likeness (QED) is 0.623. The number of aliphatic hydroxyl groups is 2. The minimum atomic E-state index is -1.27. The Kier molecular flexibility index (Phi) is 6.98. The summed E-state index contributed by atoms with van der Waals surface area (Å²) in [7, 11) is 0. The molecule has 0 heterocycles. The van der Waals surface area contributed by atoms with Gasteiger partial charge in [0.15, 0.2) is 0 Å². The first kappa shape index (κ1) is 16.9. The normalized spacial score (nSPS) is 13.6. The van der Waals surface area contributed by atoms with Crippen LogP contribution in [0.25, 0.3) is 0 Å². The molecule has 1 amide bonds. The number of halogens is 1. The molecule has 0 spiro atoms. The van der Waals surface area contributed by atoms with Gasteiger partial charge >= 0.3 is 0 Å². The van der Waals surface area contributed by atoms with Crippen molar-refractivity contribution < 1.29 is 19.7 Å². The van der Waals surface area contributed by atoms with Crippen molar-refractivity contribution >= 4 is 21.8 Å². The first-order chi connectivity index (χ1) is 9.43. The fraction of sp³-hybridized carbons (Fsp3) is 0.500. The van der Waals surface area contributed by atoms with Crippen molar-refractivity contribution in [2.24, 2.45) is 0 Å². The number of amides is 1. The van der Waals surface area contributed by atoms with Gasteiger partial charge < -0.3 is 20.3 Å². The number of carbonyl (C=O) groups is 1. The van der Waals surface area contributed by atoms with Crippen molar-refractivity contribution in [2.45, 2.75) is 25.4 Å². The number of rotatable bonds is 8. The Morgan fingerprint density at radius 3 is 2.65 bits per heavy atom. The van der Waals surface area contributed by atoms with Crippen molar-refractivity contribution in [3.63, 3.8) is 0 Å². The fourth-order valence-electron chi connectivity index (χ4n) is 1.39. The Morgan fingerprint density at radius 2 is 2.05 bits per heavy atom. The lowest BCUT2D eigenvalue weighted by atomic mass is 10.1. The highest BCUT2D eigenvalue weighted by molar-refractivity contribution is 9.10. The van der Waals surface area contributed by atoms with E-state index < -0.39 is 5.60 Å². The molecule has 0 aliphatic carbocycles. The van der Waals surface area contributed by atoms with E-state index in [9.17, 15) is 9.90 Å². The Bertz CT molecular complexity index is 420. The van der Waals surface area contributed by atoms with Crippen LogP contribution in [0.5, 0.6) is 5.75 Å². The molecule has 3 N–H and O–H groups in total. The molecule has 0 saturated carbocycles. The molecule has 6 heteroatoms. The third-order valence-corrected chi connectivity index (χ3v) is 3.17. The van der Waals surface area contributed by atoms with Crippen LogP contribution in [0.4, 0.5) is 0 Å². The van der Waals surface area contributed by atoms with Crippen molar-refractivity contribution in [3.8, 4) is 5.75 Å². The largest absolute Gasteiger partial charge is 0.494 e. The average Bonchev–Trinajstić information content (AvgIpc) is 2.43. The fourth-order valence-corrected chi connectivity index (χ4v) is 1.65. The van der Waals surface area contributed by atoms with Gasteiger partial charge in [-0.3, -0.25) is 4.79 Å². The monoisotopic (exact) mass is 345 g/mol. The van der Waals surface area contributed by atoms with E-state index in [-0.39, 0.29) is 19.1 Å². The summed E-state index contributed by atoms with van der Waals surface area (Å²) in [6.45, 7) is 1.56. The maximum atomic E-state index is 11.5. The third-order valence-electron chi connectivity index (χ3n) is 2.64. The predicted octanol–water partition coefficient (Wildman–Crippen LogP) is 1.47. The molecule has 1 atom stereocenters. The van der Waals surface area contributed by atoms with E-state index in [2.05, 4.69) is 21.2 Å². The van der Waals surface area contributed by atoms with Crippen LogP contribution in [0.1, 0.15) is 19.8 Å². The van der Waals surface area contributed by atoms with Crippen molar-refractivity contribution in [3.05, 3.63) is 28.7 Å². The minimum absolute atomic E-state index is 0.0376. The van der Waals surface area contributed by atoms with Gasteiger partial charge in [0.1, 0.15) is 11.4 Å². The van der Waals surface area contributed by atoms with E-state index in [1.807, 2.05) is 24.3 Å². The number of carbonyl (C=O) groups excluding carboxylic acids is 1. The van der Waals surface area contributed by atoms with Crippen LogP contribution in [-0.2, 0) is 4.79 Å². The summed E-state index contributed by atoms with van der Waals surface area (Å²) < 4.78 is 6.47. The van der Waals surface area contributed by atoms with Crippen LogP contribution in [0.3, 0.4) is 0 Å². The van der Waals surface area contributed by atoms with E-state index in [0.717, 1.165) is 10.2 Å². The lowest BCUT2D eigenvalue weighted by Gasteiger charge is -2.20. The molecule has 0 aliphatic heterocycles. The molecule has 0 aliphatic rings. The molecule has 0 bridgehead atoms. The SMILES string of the molecule is CC(O)(CO)CNC(=O)CCCOc1ccc(Br)cc1. The highest BCUT2D eigenvalue weighted by Gasteiger charge is 2.19. The Balaban J connectivity index is 2.14. The van der Waals surface area contributed by atoms with Gasteiger partial charge in [0, 0.05) is 17.4 Å². The molecule has 0 saturated heterocycles. The zero-order valence-electron chi connectivity index (χ0n) is 11.4. The average molecular weight is 346 g/mol. The van der Waals surface area contributed by atoms with Gasteiger partial charge in [0.25, 0.3) is 0 Å². The number of hydrogen-bond acceptors (Lipinski definition) is 4. The molecule has 1 unspecified atom stereocenters. The smallest absolute Gasteiger partial charge is 0.220 e. The molecule has 0 aromatic heterocycles. The first-order valence-corrected chi connectivity index (χ1v) is 7.20. The van der Waals surface area contributed by atoms with Gasteiger partial charge in [-0.15, -0.1) is 0 Å². The minimum Gasteiger partial charge on any atom is -0.494 e. The summed E-state index contributed by atoms with van der Waals surface area (Å²) in [6, 6.07) is 7.48. The van der Waals surface area contributed by atoms with Gasteiger partial charge in [-0.25, -0.2) is 0 Å². The Morgan fingerprint density at radius 1 is 1.40 bits per heavy atom. The molecule has 20 heavy (non-hydrogen) atoms. The van der Waals surface area contributed by atoms with Gasteiger partial charge in [-0.05, 0) is 37.6 Å². The Hall–Kier alpha value is -1.11. The molecule has 0 radical (unpaired) electrons. The van der Waals surface area contributed by atoms with Crippen LogP contribution in [0, 0.1) is 0 Å². The van der Waals surface area contributed by atoms with Crippen molar-refractivity contribution in [1.82, 2.24) is 5.32 Å². The lowest BCUT2D eigenvalue weighted by Crippen LogP contribution is -2.43. The highest BCUT2D eigenvalue weighted by Crippen LogP contribution is 2.16. The van der Waals surface area contributed by atoms with Gasteiger partial charge in [0.2, 0.25) is 5.91 Å². The predicted molar refractivity (Wildman–Crippen MR) is 79.6 cm³/mol. The second kappa shape index (κ2) is 8.24. The maximum Gasteiger partial charge on any atom is 0.220 e. The van der Waals surface area contributed by atoms with Crippen LogP contribution < -0.4 is 10.1 Å². The lowest BCUT2D eigenvalue weighted by molar-refractivity contribution is -0.122. The van der Waals surface area contributed by atoms with Gasteiger partial charge in [-0.1, -0.05) is 15.9 Å². The van der Waals surface area contributed by atoms with Crippen molar-refractivity contribution in [2.75, 3.05) is 19.8 Å². The third kappa shape index (κ3) is 6.88. The molecule has 1 aromatic carbocycles. The van der Waals surface area contributed by atoms with E-state index in [4.69, 9.17) is 9.84 Å². The summed E-state index contributed by atoms with van der Waals surface area (Å²) in [6.07, 6.45) is 0.904. The topological polar surface area (TPSA) is 78.8 Å². The zero-order chi connectivity index (χ0) is 15.0. The molecule has 112 valence electrons. The summed E-state index contributed by atoms with van der Waals surface area (Å²) in [5.74, 6) is 0.593. The van der Waals surface area contributed by atoms with E-state index >= 15 is 0 Å².